The first-order valence-corrected chi connectivity index (χ1v) is 7.81. The molecule has 0 radical (unpaired) electrons. The number of ether oxygens (including phenoxy) is 2. The molecule has 0 aliphatic rings. The molecule has 0 aromatic heterocycles. The number of carbonyl (C=O) groups excluding carboxylic acids is 1. The second kappa shape index (κ2) is 9.12. The van der Waals surface area contributed by atoms with Gasteiger partial charge in [0.1, 0.15) is 17.7 Å². The molecule has 2 aromatic rings. The number of nitrogens with zero attached hydrogens (tertiary/aromatic N) is 2. The Morgan fingerprint density at radius 1 is 1.23 bits per heavy atom. The molecule has 1 N–H and O–H groups in total. The summed E-state index contributed by atoms with van der Waals surface area (Å²) in [4.78, 5) is 12.3. The van der Waals surface area contributed by atoms with Crippen molar-refractivity contribution in [2.75, 3.05) is 19.0 Å². The van der Waals surface area contributed by atoms with E-state index in [2.05, 4.69) is 5.32 Å². The number of carbonyl (C=O) groups is 1. The van der Waals surface area contributed by atoms with E-state index in [9.17, 15) is 10.1 Å². The molecule has 0 aliphatic heterocycles. The van der Waals surface area contributed by atoms with Gasteiger partial charge in [-0.3, -0.25) is 4.79 Å². The first-order chi connectivity index (χ1) is 12.6. The SMILES string of the molecule is COc1cc(/C=C(\C#N)C(=O)Nc2cccc(Cl)c2)ccc1OCC#N. The lowest BCUT2D eigenvalue weighted by atomic mass is 10.1. The molecule has 2 rings (SSSR count). The van der Waals surface area contributed by atoms with E-state index in [1.54, 1.807) is 42.5 Å². The zero-order valence-electron chi connectivity index (χ0n) is 13.8. The summed E-state index contributed by atoms with van der Waals surface area (Å²) >= 11 is 5.88. The molecule has 0 aliphatic carbocycles. The number of rotatable bonds is 6. The van der Waals surface area contributed by atoms with Gasteiger partial charge in [0.25, 0.3) is 5.91 Å². The third-order valence-corrected chi connectivity index (χ3v) is 3.47. The van der Waals surface area contributed by atoms with Crippen molar-refractivity contribution >= 4 is 29.3 Å². The average molecular weight is 368 g/mol. The summed E-state index contributed by atoms with van der Waals surface area (Å²) < 4.78 is 10.4. The van der Waals surface area contributed by atoms with E-state index in [4.69, 9.17) is 26.3 Å². The number of amides is 1. The van der Waals surface area contributed by atoms with Crippen LogP contribution in [0.25, 0.3) is 6.08 Å². The van der Waals surface area contributed by atoms with E-state index < -0.39 is 5.91 Å². The Hall–Kier alpha value is -3.48. The van der Waals surface area contributed by atoms with Crippen LogP contribution in [0.15, 0.2) is 48.0 Å². The van der Waals surface area contributed by atoms with E-state index in [1.165, 1.54) is 13.2 Å². The number of nitriles is 2. The van der Waals surface area contributed by atoms with Gasteiger partial charge < -0.3 is 14.8 Å². The second-order valence-electron chi connectivity index (χ2n) is 4.99. The lowest BCUT2D eigenvalue weighted by Gasteiger charge is -2.09. The Morgan fingerprint density at radius 3 is 2.69 bits per heavy atom. The standard InChI is InChI=1S/C19H14ClN3O3/c1-25-18-10-13(5-6-17(18)26-8-7-21)9-14(12-22)19(24)23-16-4-2-3-15(20)11-16/h2-6,9-11H,8H2,1H3,(H,23,24)/b14-9+. The Morgan fingerprint density at radius 2 is 2.04 bits per heavy atom. The summed E-state index contributed by atoms with van der Waals surface area (Å²) in [5.41, 5.74) is 0.975. The summed E-state index contributed by atoms with van der Waals surface area (Å²) in [5.74, 6) is 0.230. The minimum atomic E-state index is -0.557. The molecule has 26 heavy (non-hydrogen) atoms. The predicted molar refractivity (Wildman–Crippen MR) is 97.8 cm³/mol. The maximum Gasteiger partial charge on any atom is 0.266 e. The van der Waals surface area contributed by atoms with Gasteiger partial charge in [-0.25, -0.2) is 0 Å². The second-order valence-corrected chi connectivity index (χ2v) is 5.43. The molecule has 130 valence electrons. The first kappa shape index (κ1) is 18.9. The van der Waals surface area contributed by atoms with Gasteiger partial charge in [-0.2, -0.15) is 10.5 Å². The van der Waals surface area contributed by atoms with Crippen LogP contribution in [0.1, 0.15) is 5.56 Å². The van der Waals surface area contributed by atoms with Crippen LogP contribution in [0.4, 0.5) is 5.69 Å². The zero-order valence-corrected chi connectivity index (χ0v) is 14.6. The first-order valence-electron chi connectivity index (χ1n) is 7.44. The molecule has 0 fully saturated rings. The molecule has 0 bridgehead atoms. The predicted octanol–water partition coefficient (Wildman–Crippen LogP) is 3.80. The Kier molecular flexibility index (Phi) is 6.61. The van der Waals surface area contributed by atoms with Gasteiger partial charge >= 0.3 is 0 Å². The van der Waals surface area contributed by atoms with Crippen molar-refractivity contribution in [2.45, 2.75) is 0 Å². The lowest BCUT2D eigenvalue weighted by molar-refractivity contribution is -0.112. The molecule has 7 heteroatoms. The fraction of sp³-hybridized carbons (Fsp3) is 0.105. The van der Waals surface area contributed by atoms with Gasteiger partial charge in [-0.05, 0) is 42.0 Å². The fourth-order valence-electron chi connectivity index (χ4n) is 2.08. The number of halogens is 1. The topological polar surface area (TPSA) is 95.1 Å². The van der Waals surface area contributed by atoms with E-state index in [-0.39, 0.29) is 12.2 Å². The van der Waals surface area contributed by atoms with E-state index >= 15 is 0 Å². The van der Waals surface area contributed by atoms with Crippen molar-refractivity contribution < 1.29 is 14.3 Å². The highest BCUT2D eigenvalue weighted by atomic mass is 35.5. The van der Waals surface area contributed by atoms with E-state index in [0.29, 0.717) is 27.8 Å². The highest BCUT2D eigenvalue weighted by Crippen LogP contribution is 2.29. The maximum absolute atomic E-state index is 12.3. The summed E-state index contributed by atoms with van der Waals surface area (Å²) in [6, 6.07) is 15.2. The van der Waals surface area contributed by atoms with Gasteiger partial charge in [0.15, 0.2) is 18.1 Å². The number of anilines is 1. The van der Waals surface area contributed by atoms with Gasteiger partial charge in [0, 0.05) is 10.7 Å². The normalized spacial score (nSPS) is 10.4. The Labute approximate surface area is 155 Å². The summed E-state index contributed by atoms with van der Waals surface area (Å²) in [6.45, 7) is -0.114. The lowest BCUT2D eigenvalue weighted by Crippen LogP contribution is -2.13. The van der Waals surface area contributed by atoms with Gasteiger partial charge in [0.05, 0.1) is 7.11 Å². The van der Waals surface area contributed by atoms with Crippen molar-refractivity contribution in [3.05, 3.63) is 58.6 Å². The maximum atomic E-state index is 12.3. The third-order valence-electron chi connectivity index (χ3n) is 3.24. The van der Waals surface area contributed by atoms with Crippen LogP contribution in [0, 0.1) is 22.7 Å². The van der Waals surface area contributed by atoms with Crippen molar-refractivity contribution in [1.82, 2.24) is 0 Å². The summed E-state index contributed by atoms with van der Waals surface area (Å²) in [6.07, 6.45) is 1.43. The molecule has 1 amide bonds. The van der Waals surface area contributed by atoms with Crippen molar-refractivity contribution in [3.8, 4) is 23.6 Å². The van der Waals surface area contributed by atoms with Crippen LogP contribution >= 0.6 is 11.6 Å². The molecule has 0 saturated heterocycles. The fourth-order valence-corrected chi connectivity index (χ4v) is 2.27. The Bertz CT molecular complexity index is 926. The highest BCUT2D eigenvalue weighted by Gasteiger charge is 2.11. The molecule has 0 unspecified atom stereocenters. The molecule has 2 aromatic carbocycles. The molecule has 0 spiro atoms. The highest BCUT2D eigenvalue weighted by molar-refractivity contribution is 6.31. The van der Waals surface area contributed by atoms with Crippen LogP contribution in [0.3, 0.4) is 0 Å². The van der Waals surface area contributed by atoms with Crippen LogP contribution < -0.4 is 14.8 Å². The van der Waals surface area contributed by atoms with Crippen molar-refractivity contribution in [3.63, 3.8) is 0 Å². The quantitative estimate of drug-likeness (QED) is 0.619. The van der Waals surface area contributed by atoms with Gasteiger partial charge in [0.2, 0.25) is 0 Å². The monoisotopic (exact) mass is 367 g/mol. The number of benzene rings is 2. The van der Waals surface area contributed by atoms with Gasteiger partial charge in [-0.1, -0.05) is 23.7 Å². The number of hydrogen-bond acceptors (Lipinski definition) is 5. The molecular weight excluding hydrogens is 354 g/mol. The van der Waals surface area contributed by atoms with Gasteiger partial charge in [-0.15, -0.1) is 0 Å². The Balaban J connectivity index is 2.23. The van der Waals surface area contributed by atoms with E-state index in [1.807, 2.05) is 12.1 Å². The summed E-state index contributed by atoms with van der Waals surface area (Å²) in [5, 5.41) is 21.0. The molecule has 0 saturated carbocycles. The molecule has 6 nitrogen and oxygen atoms in total. The van der Waals surface area contributed by atoms with Crippen molar-refractivity contribution in [2.24, 2.45) is 0 Å². The summed E-state index contributed by atoms with van der Waals surface area (Å²) in [7, 11) is 1.46. The molecule has 0 heterocycles. The number of methoxy groups -OCH3 is 1. The average Bonchev–Trinajstić information content (AvgIpc) is 2.64. The van der Waals surface area contributed by atoms with Crippen molar-refractivity contribution in [1.29, 1.82) is 10.5 Å². The molecular formula is C19H14ClN3O3. The van der Waals surface area contributed by atoms with Crippen LogP contribution in [0.2, 0.25) is 5.02 Å². The largest absolute Gasteiger partial charge is 0.493 e. The van der Waals surface area contributed by atoms with Crippen LogP contribution in [0.5, 0.6) is 11.5 Å². The number of hydrogen-bond donors (Lipinski definition) is 1. The smallest absolute Gasteiger partial charge is 0.266 e. The zero-order chi connectivity index (χ0) is 18.9. The van der Waals surface area contributed by atoms with E-state index in [0.717, 1.165) is 0 Å². The number of nitrogens with one attached hydrogen (secondary N) is 1. The minimum absolute atomic E-state index is 0.0854. The van der Waals surface area contributed by atoms with Crippen LogP contribution in [-0.2, 0) is 4.79 Å². The third kappa shape index (κ3) is 5.01. The van der Waals surface area contributed by atoms with Crippen LogP contribution in [-0.4, -0.2) is 19.6 Å². The minimum Gasteiger partial charge on any atom is -0.493 e. The molecule has 0 atom stereocenters.